The number of hydrogen-bond acceptors (Lipinski definition) is 3. The summed E-state index contributed by atoms with van der Waals surface area (Å²) in [6.45, 7) is 0.0495. The van der Waals surface area contributed by atoms with Crippen molar-refractivity contribution in [3.05, 3.63) is 24.3 Å². The monoisotopic (exact) mass is 287 g/mol. The molecule has 112 valence electrons. The van der Waals surface area contributed by atoms with E-state index in [0.717, 1.165) is 23.9 Å². The number of ether oxygens (including phenoxy) is 1. The number of nitrogens with one attached hydrogen (secondary N) is 1. The lowest BCUT2D eigenvalue weighted by Gasteiger charge is -2.25. The van der Waals surface area contributed by atoms with Crippen LogP contribution in [-0.2, 0) is 9.53 Å². The molecule has 0 unspecified atom stereocenters. The van der Waals surface area contributed by atoms with E-state index in [1.807, 2.05) is 18.2 Å². The second-order valence-corrected chi connectivity index (χ2v) is 5.57. The Labute approximate surface area is 124 Å². The van der Waals surface area contributed by atoms with Crippen molar-refractivity contribution >= 4 is 22.9 Å². The first-order chi connectivity index (χ1) is 10.3. The van der Waals surface area contributed by atoms with Crippen LogP contribution in [0.3, 0.4) is 0 Å². The second-order valence-electron chi connectivity index (χ2n) is 5.57. The Morgan fingerprint density at radius 1 is 1.33 bits per heavy atom. The van der Waals surface area contributed by atoms with Gasteiger partial charge in [-0.15, -0.1) is 0 Å². The topological polar surface area (TPSA) is 56.1 Å². The first-order valence-corrected chi connectivity index (χ1v) is 7.55. The van der Waals surface area contributed by atoms with E-state index in [1.54, 1.807) is 0 Å². The number of imidazole rings is 1. The van der Waals surface area contributed by atoms with E-state index in [9.17, 15) is 4.79 Å². The summed E-state index contributed by atoms with van der Waals surface area (Å²) in [5, 5.41) is 2.89. The van der Waals surface area contributed by atoms with Gasteiger partial charge in [0, 0.05) is 13.2 Å². The molecule has 0 radical (unpaired) electrons. The lowest BCUT2D eigenvalue weighted by molar-refractivity contribution is -0.119. The van der Waals surface area contributed by atoms with Crippen LogP contribution in [0.5, 0.6) is 0 Å². The van der Waals surface area contributed by atoms with Crippen LogP contribution in [0.2, 0.25) is 0 Å². The molecule has 21 heavy (non-hydrogen) atoms. The number of benzene rings is 1. The molecule has 1 N–H and O–H groups in total. The Morgan fingerprint density at radius 3 is 2.86 bits per heavy atom. The highest BCUT2D eigenvalue weighted by Gasteiger charge is 2.22. The maximum absolute atomic E-state index is 11.8. The summed E-state index contributed by atoms with van der Waals surface area (Å²) in [6, 6.07) is 8.47. The minimum atomic E-state index is -0.162. The Balaban J connectivity index is 1.98. The molecule has 1 saturated carbocycles. The van der Waals surface area contributed by atoms with Gasteiger partial charge in [0.05, 0.1) is 11.0 Å². The zero-order valence-corrected chi connectivity index (χ0v) is 12.3. The molecule has 1 aliphatic rings. The summed E-state index contributed by atoms with van der Waals surface area (Å²) in [5.41, 5.74) is 2.02. The minimum absolute atomic E-state index is 0.0495. The quantitative estimate of drug-likeness (QED) is 0.940. The van der Waals surface area contributed by atoms with Crippen LogP contribution in [0, 0.1) is 0 Å². The molecule has 0 saturated heterocycles. The van der Waals surface area contributed by atoms with Crippen LogP contribution in [0.25, 0.3) is 11.0 Å². The third-order valence-corrected chi connectivity index (χ3v) is 4.06. The molecule has 1 aliphatic carbocycles. The van der Waals surface area contributed by atoms with Crippen molar-refractivity contribution in [2.24, 2.45) is 0 Å². The fraction of sp³-hybridized carbons (Fsp3) is 0.500. The van der Waals surface area contributed by atoms with Crippen molar-refractivity contribution in [1.29, 1.82) is 0 Å². The third-order valence-electron chi connectivity index (χ3n) is 4.06. The largest absolute Gasteiger partial charge is 0.375 e. The normalized spacial score (nSPS) is 16.2. The molecule has 0 bridgehead atoms. The van der Waals surface area contributed by atoms with Gasteiger partial charge in [0.15, 0.2) is 0 Å². The summed E-state index contributed by atoms with van der Waals surface area (Å²) >= 11 is 0. The van der Waals surface area contributed by atoms with Gasteiger partial charge in [-0.3, -0.25) is 10.1 Å². The van der Waals surface area contributed by atoms with Gasteiger partial charge in [0.2, 0.25) is 5.95 Å². The Hall–Kier alpha value is -1.88. The molecule has 0 spiro atoms. The van der Waals surface area contributed by atoms with E-state index >= 15 is 0 Å². The number of para-hydroxylation sites is 2. The van der Waals surface area contributed by atoms with Crippen LogP contribution in [0.4, 0.5) is 5.95 Å². The number of aromatic nitrogens is 2. The SMILES string of the molecule is COCC(=O)Nc1nc2ccccc2n1C1CCCCC1. The zero-order valence-electron chi connectivity index (χ0n) is 12.3. The molecule has 2 aromatic rings. The number of hydrogen-bond donors (Lipinski definition) is 1. The van der Waals surface area contributed by atoms with Crippen molar-refractivity contribution in [3.8, 4) is 0 Å². The number of fused-ring (bicyclic) bond motifs is 1. The van der Waals surface area contributed by atoms with E-state index in [4.69, 9.17) is 4.74 Å². The van der Waals surface area contributed by atoms with Gasteiger partial charge >= 0.3 is 0 Å². The zero-order chi connectivity index (χ0) is 14.7. The highest BCUT2D eigenvalue weighted by Crippen LogP contribution is 2.34. The maximum atomic E-state index is 11.8. The number of carbonyl (C=O) groups excluding carboxylic acids is 1. The van der Waals surface area contributed by atoms with E-state index < -0.39 is 0 Å². The number of nitrogens with zero attached hydrogens (tertiary/aromatic N) is 2. The van der Waals surface area contributed by atoms with Gasteiger partial charge in [0.25, 0.3) is 5.91 Å². The molecule has 0 aliphatic heterocycles. The van der Waals surface area contributed by atoms with Crippen LogP contribution in [0.15, 0.2) is 24.3 Å². The Morgan fingerprint density at radius 2 is 2.10 bits per heavy atom. The minimum Gasteiger partial charge on any atom is -0.375 e. The number of amides is 1. The maximum Gasteiger partial charge on any atom is 0.252 e. The summed E-state index contributed by atoms with van der Waals surface area (Å²) in [4.78, 5) is 16.4. The highest BCUT2D eigenvalue weighted by atomic mass is 16.5. The van der Waals surface area contributed by atoms with Crippen LogP contribution >= 0.6 is 0 Å². The predicted octanol–water partition coefficient (Wildman–Crippen LogP) is 3.13. The highest BCUT2D eigenvalue weighted by molar-refractivity contribution is 5.92. The van der Waals surface area contributed by atoms with Crippen molar-refractivity contribution in [3.63, 3.8) is 0 Å². The molecular weight excluding hydrogens is 266 g/mol. The van der Waals surface area contributed by atoms with E-state index in [1.165, 1.54) is 26.4 Å². The summed E-state index contributed by atoms with van der Waals surface area (Å²) in [6.07, 6.45) is 6.07. The van der Waals surface area contributed by atoms with Gasteiger partial charge < -0.3 is 9.30 Å². The van der Waals surface area contributed by atoms with Gasteiger partial charge in [0.1, 0.15) is 6.61 Å². The molecule has 5 heteroatoms. The molecule has 3 rings (SSSR count). The summed E-state index contributed by atoms with van der Waals surface area (Å²) in [7, 11) is 1.52. The van der Waals surface area contributed by atoms with Crippen molar-refractivity contribution in [2.75, 3.05) is 19.0 Å². The van der Waals surface area contributed by atoms with E-state index in [2.05, 4.69) is 20.9 Å². The van der Waals surface area contributed by atoms with E-state index in [0.29, 0.717) is 12.0 Å². The van der Waals surface area contributed by atoms with Crippen LogP contribution in [0.1, 0.15) is 38.1 Å². The molecule has 1 aromatic carbocycles. The lowest BCUT2D eigenvalue weighted by atomic mass is 9.95. The molecule has 1 fully saturated rings. The summed E-state index contributed by atoms with van der Waals surface area (Å²) < 4.78 is 7.08. The van der Waals surface area contributed by atoms with Crippen LogP contribution in [-0.4, -0.2) is 29.2 Å². The molecule has 1 heterocycles. The fourth-order valence-electron chi connectivity index (χ4n) is 3.13. The molecule has 1 aromatic heterocycles. The van der Waals surface area contributed by atoms with Crippen molar-refractivity contribution in [2.45, 2.75) is 38.1 Å². The van der Waals surface area contributed by atoms with Gasteiger partial charge in [-0.05, 0) is 25.0 Å². The second kappa shape index (κ2) is 6.26. The summed E-state index contributed by atoms with van der Waals surface area (Å²) in [5.74, 6) is 0.481. The van der Waals surface area contributed by atoms with Gasteiger partial charge in [-0.2, -0.15) is 0 Å². The Bertz CT molecular complexity index is 629. The standard InChI is InChI=1S/C16H21N3O2/c1-21-11-15(20)18-16-17-13-9-5-6-10-14(13)19(16)12-7-3-2-4-8-12/h5-6,9-10,12H,2-4,7-8,11H2,1H3,(H,17,18,20). The van der Waals surface area contributed by atoms with Crippen molar-refractivity contribution in [1.82, 2.24) is 9.55 Å². The molecular formula is C16H21N3O2. The predicted molar refractivity (Wildman–Crippen MR) is 82.4 cm³/mol. The number of methoxy groups -OCH3 is 1. The number of anilines is 1. The third kappa shape index (κ3) is 2.93. The number of rotatable bonds is 4. The molecule has 0 atom stereocenters. The average Bonchev–Trinajstić information content (AvgIpc) is 2.86. The van der Waals surface area contributed by atoms with Crippen molar-refractivity contribution < 1.29 is 9.53 Å². The smallest absolute Gasteiger partial charge is 0.252 e. The molecule has 1 amide bonds. The lowest BCUT2D eigenvalue weighted by Crippen LogP contribution is -2.22. The van der Waals surface area contributed by atoms with Gasteiger partial charge in [-0.25, -0.2) is 4.98 Å². The molecule has 5 nitrogen and oxygen atoms in total. The van der Waals surface area contributed by atoms with E-state index in [-0.39, 0.29) is 12.5 Å². The van der Waals surface area contributed by atoms with Gasteiger partial charge in [-0.1, -0.05) is 31.4 Å². The average molecular weight is 287 g/mol. The fourth-order valence-corrected chi connectivity index (χ4v) is 3.13. The number of carbonyl (C=O) groups is 1. The first kappa shape index (κ1) is 14.1. The Kier molecular flexibility index (Phi) is 4.20. The first-order valence-electron chi connectivity index (χ1n) is 7.55. The van der Waals surface area contributed by atoms with Crippen LogP contribution < -0.4 is 5.32 Å².